The van der Waals surface area contributed by atoms with Crippen LogP contribution in [0.4, 0.5) is 5.69 Å². The first-order valence-corrected chi connectivity index (χ1v) is 10.2. The number of nitrogen functional groups attached to an aromatic ring is 1. The summed E-state index contributed by atoms with van der Waals surface area (Å²) in [7, 11) is 1.26. The van der Waals surface area contributed by atoms with Gasteiger partial charge in [-0.25, -0.2) is 4.79 Å². The summed E-state index contributed by atoms with van der Waals surface area (Å²) in [5.41, 5.74) is 6.90. The van der Waals surface area contributed by atoms with Crippen molar-refractivity contribution in [1.82, 2.24) is 5.32 Å². The summed E-state index contributed by atoms with van der Waals surface area (Å²) < 4.78 is 10.6. The SMILES string of the molecule is COC(=O)C(Nc1ccc(C(=N)N)cc1)c1cc(Cl)cc(Cl)c1OCC(=O)NC1CC1. The number of benzene rings is 2. The number of carbonyl (C=O) groups excluding carboxylic acids is 2. The predicted molar refractivity (Wildman–Crippen MR) is 119 cm³/mol. The van der Waals surface area contributed by atoms with E-state index in [-0.39, 0.29) is 40.2 Å². The smallest absolute Gasteiger partial charge is 0.333 e. The van der Waals surface area contributed by atoms with Crippen LogP contribution >= 0.6 is 23.2 Å². The fourth-order valence-electron chi connectivity index (χ4n) is 2.88. The summed E-state index contributed by atoms with van der Waals surface area (Å²) in [5.74, 6) is -0.804. The van der Waals surface area contributed by atoms with Crippen LogP contribution in [0.2, 0.25) is 10.0 Å². The van der Waals surface area contributed by atoms with E-state index in [4.69, 9.17) is 43.8 Å². The van der Waals surface area contributed by atoms with E-state index in [2.05, 4.69) is 10.6 Å². The van der Waals surface area contributed by atoms with Crippen molar-refractivity contribution in [2.24, 2.45) is 5.73 Å². The molecule has 10 heteroatoms. The average Bonchev–Trinajstić information content (AvgIpc) is 3.54. The Morgan fingerprint density at radius 2 is 1.90 bits per heavy atom. The molecular formula is C21H22Cl2N4O4. The van der Waals surface area contributed by atoms with E-state index in [0.717, 1.165) is 12.8 Å². The highest BCUT2D eigenvalue weighted by molar-refractivity contribution is 6.35. The Morgan fingerprint density at radius 1 is 1.23 bits per heavy atom. The summed E-state index contributed by atoms with van der Waals surface area (Å²) in [6.07, 6.45) is 1.91. The number of halogens is 2. The van der Waals surface area contributed by atoms with Crippen LogP contribution in [0.1, 0.15) is 30.0 Å². The molecule has 2 aromatic rings. The van der Waals surface area contributed by atoms with E-state index in [1.165, 1.54) is 19.2 Å². The van der Waals surface area contributed by atoms with Crippen molar-refractivity contribution in [3.63, 3.8) is 0 Å². The van der Waals surface area contributed by atoms with Crippen molar-refractivity contribution in [3.05, 3.63) is 57.6 Å². The molecule has 164 valence electrons. The minimum absolute atomic E-state index is 0.0714. The maximum Gasteiger partial charge on any atom is 0.333 e. The second-order valence-corrected chi connectivity index (χ2v) is 7.87. The number of amides is 1. The van der Waals surface area contributed by atoms with Gasteiger partial charge in [-0.15, -0.1) is 0 Å². The number of nitrogens with one attached hydrogen (secondary N) is 3. The first-order chi connectivity index (χ1) is 14.8. The van der Waals surface area contributed by atoms with Crippen molar-refractivity contribution in [1.29, 1.82) is 5.41 Å². The van der Waals surface area contributed by atoms with Crippen LogP contribution in [0.15, 0.2) is 36.4 Å². The fraction of sp³-hybridized carbons (Fsp3) is 0.286. The van der Waals surface area contributed by atoms with E-state index in [0.29, 0.717) is 16.8 Å². The fourth-order valence-corrected chi connectivity index (χ4v) is 3.44. The van der Waals surface area contributed by atoms with Gasteiger partial charge in [0.15, 0.2) is 12.6 Å². The molecule has 1 aliphatic rings. The van der Waals surface area contributed by atoms with Crippen molar-refractivity contribution >= 4 is 46.6 Å². The lowest BCUT2D eigenvalue weighted by Gasteiger charge is -2.22. The molecule has 5 N–H and O–H groups in total. The van der Waals surface area contributed by atoms with Gasteiger partial charge in [0.25, 0.3) is 5.91 Å². The largest absolute Gasteiger partial charge is 0.482 e. The van der Waals surface area contributed by atoms with Gasteiger partial charge in [0.1, 0.15) is 11.6 Å². The molecule has 1 saturated carbocycles. The van der Waals surface area contributed by atoms with E-state index in [1.807, 2.05) is 0 Å². The quantitative estimate of drug-likeness (QED) is 0.256. The number of carbonyl (C=O) groups is 2. The summed E-state index contributed by atoms with van der Waals surface area (Å²) in [5, 5.41) is 13.8. The molecule has 1 unspecified atom stereocenters. The van der Waals surface area contributed by atoms with Crippen LogP contribution in [0, 0.1) is 5.41 Å². The van der Waals surface area contributed by atoms with Gasteiger partial charge in [-0.3, -0.25) is 10.2 Å². The summed E-state index contributed by atoms with van der Waals surface area (Å²) in [6, 6.07) is 8.79. The lowest BCUT2D eigenvalue weighted by atomic mass is 10.0. The molecule has 0 heterocycles. The number of ether oxygens (including phenoxy) is 2. The highest BCUT2D eigenvalue weighted by atomic mass is 35.5. The molecular weight excluding hydrogens is 443 g/mol. The lowest BCUT2D eigenvalue weighted by Crippen LogP contribution is -2.31. The second-order valence-electron chi connectivity index (χ2n) is 7.03. The monoisotopic (exact) mass is 464 g/mol. The standard InChI is InChI=1S/C21H22Cl2N4O4/c1-30-21(29)18(27-14-4-2-11(3-5-14)20(24)25)15-8-12(22)9-16(23)19(15)31-10-17(28)26-13-6-7-13/h2-5,8-9,13,18,27H,6-7,10H2,1H3,(H3,24,25)(H,26,28). The van der Waals surface area contributed by atoms with Crippen molar-refractivity contribution in [2.45, 2.75) is 24.9 Å². The van der Waals surface area contributed by atoms with Crippen LogP contribution < -0.4 is 21.1 Å². The van der Waals surface area contributed by atoms with Gasteiger partial charge < -0.3 is 25.8 Å². The molecule has 1 aliphatic carbocycles. The van der Waals surface area contributed by atoms with E-state index >= 15 is 0 Å². The number of hydrogen-bond acceptors (Lipinski definition) is 6. The Morgan fingerprint density at radius 3 is 2.48 bits per heavy atom. The van der Waals surface area contributed by atoms with Crippen LogP contribution in [0.3, 0.4) is 0 Å². The zero-order valence-electron chi connectivity index (χ0n) is 16.7. The Kier molecular flexibility index (Phi) is 7.25. The van der Waals surface area contributed by atoms with Gasteiger partial charge in [-0.1, -0.05) is 23.2 Å². The zero-order valence-corrected chi connectivity index (χ0v) is 18.2. The van der Waals surface area contributed by atoms with Crippen molar-refractivity contribution < 1.29 is 19.1 Å². The Labute approximate surface area is 189 Å². The van der Waals surface area contributed by atoms with Crippen molar-refractivity contribution in [3.8, 4) is 5.75 Å². The molecule has 1 amide bonds. The third-order valence-electron chi connectivity index (χ3n) is 4.58. The van der Waals surface area contributed by atoms with Gasteiger partial charge in [0, 0.05) is 27.9 Å². The van der Waals surface area contributed by atoms with Gasteiger partial charge in [0.2, 0.25) is 0 Å². The summed E-state index contributed by atoms with van der Waals surface area (Å²) in [4.78, 5) is 24.7. The van der Waals surface area contributed by atoms with E-state index in [9.17, 15) is 9.59 Å². The first kappa shape index (κ1) is 22.7. The minimum Gasteiger partial charge on any atom is -0.482 e. The molecule has 2 aromatic carbocycles. The Hall–Kier alpha value is -2.97. The Bertz CT molecular complexity index is 994. The minimum atomic E-state index is -1.02. The predicted octanol–water partition coefficient (Wildman–Crippen LogP) is 3.26. The van der Waals surface area contributed by atoms with E-state index < -0.39 is 12.0 Å². The van der Waals surface area contributed by atoms with Gasteiger partial charge >= 0.3 is 5.97 Å². The highest BCUT2D eigenvalue weighted by Crippen LogP contribution is 2.38. The average molecular weight is 465 g/mol. The van der Waals surface area contributed by atoms with Crippen LogP contribution in [0.25, 0.3) is 0 Å². The van der Waals surface area contributed by atoms with Crippen LogP contribution in [0.5, 0.6) is 5.75 Å². The molecule has 1 atom stereocenters. The maximum atomic E-state index is 12.6. The molecule has 0 saturated heterocycles. The Balaban J connectivity index is 1.89. The molecule has 31 heavy (non-hydrogen) atoms. The molecule has 3 rings (SSSR count). The van der Waals surface area contributed by atoms with Gasteiger partial charge in [-0.05, 0) is 49.2 Å². The highest BCUT2D eigenvalue weighted by Gasteiger charge is 2.28. The summed E-state index contributed by atoms with van der Waals surface area (Å²) in [6.45, 7) is -0.258. The van der Waals surface area contributed by atoms with Crippen molar-refractivity contribution in [2.75, 3.05) is 19.0 Å². The molecule has 0 bridgehead atoms. The zero-order chi connectivity index (χ0) is 22.5. The third kappa shape index (κ3) is 6.02. The maximum absolute atomic E-state index is 12.6. The molecule has 0 aromatic heterocycles. The number of rotatable bonds is 9. The topological polar surface area (TPSA) is 127 Å². The van der Waals surface area contributed by atoms with Gasteiger partial charge in [0.05, 0.1) is 12.1 Å². The number of methoxy groups -OCH3 is 1. The first-order valence-electron chi connectivity index (χ1n) is 9.48. The molecule has 8 nitrogen and oxygen atoms in total. The molecule has 0 spiro atoms. The van der Waals surface area contributed by atoms with Gasteiger partial charge in [-0.2, -0.15) is 0 Å². The number of esters is 1. The third-order valence-corrected chi connectivity index (χ3v) is 5.08. The normalized spacial score (nSPS) is 13.8. The molecule has 0 radical (unpaired) electrons. The summed E-state index contributed by atoms with van der Waals surface area (Å²) >= 11 is 12.5. The number of amidine groups is 1. The number of hydrogen-bond donors (Lipinski definition) is 4. The lowest BCUT2D eigenvalue weighted by molar-refractivity contribution is -0.141. The van der Waals surface area contributed by atoms with E-state index in [1.54, 1.807) is 24.3 Å². The number of anilines is 1. The molecule has 0 aliphatic heterocycles. The van der Waals surface area contributed by atoms with Crippen LogP contribution in [-0.2, 0) is 14.3 Å². The number of nitrogens with two attached hydrogens (primary N) is 1. The second kappa shape index (κ2) is 9.89. The van der Waals surface area contributed by atoms with Crippen LogP contribution in [-0.4, -0.2) is 37.5 Å². The molecule has 1 fully saturated rings.